The summed E-state index contributed by atoms with van der Waals surface area (Å²) in [6.45, 7) is 6.92. The topological polar surface area (TPSA) is 72.2 Å². The number of fused-ring (bicyclic) bond motifs is 1. The van der Waals surface area contributed by atoms with Gasteiger partial charge in [0.05, 0.1) is 0 Å². The van der Waals surface area contributed by atoms with Crippen LogP contribution in [0, 0.1) is 0 Å². The van der Waals surface area contributed by atoms with Crippen LogP contribution in [0.4, 0.5) is 0 Å². The highest BCUT2D eigenvalue weighted by Gasteiger charge is 2.30. The van der Waals surface area contributed by atoms with Crippen molar-refractivity contribution in [2.45, 2.75) is 32.7 Å². The Kier molecular flexibility index (Phi) is 4.21. The van der Waals surface area contributed by atoms with Crippen LogP contribution < -0.4 is 11.1 Å². The Hall–Kier alpha value is -2.88. The highest BCUT2D eigenvalue weighted by atomic mass is 16.1. The third-order valence-corrected chi connectivity index (χ3v) is 4.45. The lowest BCUT2D eigenvalue weighted by Gasteiger charge is -2.21. The van der Waals surface area contributed by atoms with E-state index in [9.17, 15) is 9.59 Å². The monoisotopic (exact) mass is 334 g/mol. The minimum atomic E-state index is -0.305. The van der Waals surface area contributed by atoms with Gasteiger partial charge in [0.25, 0.3) is 0 Å². The maximum absolute atomic E-state index is 12.6. The lowest BCUT2D eigenvalue weighted by atomic mass is 9.86. The van der Waals surface area contributed by atoms with Crippen molar-refractivity contribution in [1.29, 1.82) is 0 Å². The highest BCUT2D eigenvalue weighted by Crippen LogP contribution is 2.24. The fourth-order valence-corrected chi connectivity index (χ4v) is 2.88. The van der Waals surface area contributed by atoms with E-state index >= 15 is 0 Å². The van der Waals surface area contributed by atoms with E-state index in [-0.39, 0.29) is 28.4 Å². The SMILES string of the molecule is CC(C)(C)c1ccc(CNC2=C(N)C(=O)c3ccccc3C2=O)cc1. The van der Waals surface area contributed by atoms with E-state index < -0.39 is 0 Å². The van der Waals surface area contributed by atoms with Crippen LogP contribution in [0.15, 0.2) is 59.9 Å². The standard InChI is InChI=1S/C21H22N2O2/c1-21(2,3)14-10-8-13(9-11-14)12-23-18-17(22)19(24)15-6-4-5-7-16(15)20(18)25/h4-11,23H,12,22H2,1-3H3. The summed E-state index contributed by atoms with van der Waals surface area (Å²) in [7, 11) is 0. The molecule has 0 bridgehead atoms. The molecular formula is C21H22N2O2. The maximum atomic E-state index is 12.6. The largest absolute Gasteiger partial charge is 0.394 e. The summed E-state index contributed by atoms with van der Waals surface area (Å²) in [5, 5.41) is 3.05. The van der Waals surface area contributed by atoms with Crippen LogP contribution in [0.3, 0.4) is 0 Å². The molecule has 0 amide bonds. The molecule has 0 heterocycles. The Morgan fingerprint density at radius 2 is 1.44 bits per heavy atom. The molecule has 128 valence electrons. The number of carbonyl (C=O) groups excluding carboxylic acids is 2. The first kappa shape index (κ1) is 17.0. The number of hydrogen-bond donors (Lipinski definition) is 2. The van der Waals surface area contributed by atoms with Crippen molar-refractivity contribution in [2.24, 2.45) is 5.73 Å². The number of benzene rings is 2. The van der Waals surface area contributed by atoms with Crippen molar-refractivity contribution in [1.82, 2.24) is 5.32 Å². The molecular weight excluding hydrogens is 312 g/mol. The van der Waals surface area contributed by atoms with Crippen molar-refractivity contribution in [3.8, 4) is 0 Å². The van der Waals surface area contributed by atoms with Crippen molar-refractivity contribution < 1.29 is 9.59 Å². The van der Waals surface area contributed by atoms with E-state index in [1.54, 1.807) is 24.3 Å². The lowest BCUT2D eigenvalue weighted by Crippen LogP contribution is -2.33. The van der Waals surface area contributed by atoms with Crippen molar-refractivity contribution >= 4 is 11.6 Å². The maximum Gasteiger partial charge on any atom is 0.211 e. The van der Waals surface area contributed by atoms with Gasteiger partial charge in [-0.05, 0) is 16.5 Å². The second-order valence-electron chi connectivity index (χ2n) is 7.29. The molecule has 3 N–H and O–H groups in total. The predicted octanol–water partition coefficient (Wildman–Crippen LogP) is 3.32. The highest BCUT2D eigenvalue weighted by molar-refractivity contribution is 6.26. The number of hydrogen-bond acceptors (Lipinski definition) is 4. The fourth-order valence-electron chi connectivity index (χ4n) is 2.88. The summed E-state index contributed by atoms with van der Waals surface area (Å²) in [5.74, 6) is -0.542. The van der Waals surface area contributed by atoms with Gasteiger partial charge in [-0.25, -0.2) is 0 Å². The normalized spacial score (nSPS) is 14.5. The third-order valence-electron chi connectivity index (χ3n) is 4.45. The summed E-state index contributed by atoms with van der Waals surface area (Å²) >= 11 is 0. The first-order valence-electron chi connectivity index (χ1n) is 8.30. The number of Topliss-reactive ketones (excluding diaryl/α,β-unsaturated/α-hetero) is 2. The van der Waals surface area contributed by atoms with Gasteiger partial charge in [0, 0.05) is 17.7 Å². The van der Waals surface area contributed by atoms with Crippen molar-refractivity contribution in [3.63, 3.8) is 0 Å². The Morgan fingerprint density at radius 3 is 2.00 bits per heavy atom. The molecule has 0 atom stereocenters. The summed E-state index contributed by atoms with van der Waals surface area (Å²) in [5.41, 5.74) is 9.20. The van der Waals surface area contributed by atoms with E-state index in [0.717, 1.165) is 5.56 Å². The molecule has 0 aliphatic heterocycles. The van der Waals surface area contributed by atoms with E-state index in [4.69, 9.17) is 5.73 Å². The molecule has 0 aromatic heterocycles. The summed E-state index contributed by atoms with van der Waals surface area (Å²) in [4.78, 5) is 25.0. The second kappa shape index (κ2) is 6.20. The van der Waals surface area contributed by atoms with Crippen LogP contribution in [0.2, 0.25) is 0 Å². The van der Waals surface area contributed by atoms with Gasteiger partial charge in [-0.15, -0.1) is 0 Å². The van der Waals surface area contributed by atoms with Crippen molar-refractivity contribution in [2.75, 3.05) is 0 Å². The molecule has 4 heteroatoms. The van der Waals surface area contributed by atoms with E-state index in [0.29, 0.717) is 17.7 Å². The number of nitrogens with one attached hydrogen (secondary N) is 1. The smallest absolute Gasteiger partial charge is 0.211 e. The molecule has 0 radical (unpaired) electrons. The molecule has 0 unspecified atom stereocenters. The molecule has 3 rings (SSSR count). The molecule has 2 aromatic rings. The van der Waals surface area contributed by atoms with Crippen LogP contribution in [0.25, 0.3) is 0 Å². The number of nitrogens with two attached hydrogens (primary N) is 1. The summed E-state index contributed by atoms with van der Waals surface area (Å²) in [6, 6.07) is 15.0. The molecule has 4 nitrogen and oxygen atoms in total. The average Bonchev–Trinajstić information content (AvgIpc) is 2.59. The Bertz CT molecular complexity index is 872. The van der Waals surface area contributed by atoms with Crippen LogP contribution >= 0.6 is 0 Å². The predicted molar refractivity (Wildman–Crippen MR) is 98.3 cm³/mol. The number of ketones is 2. The second-order valence-corrected chi connectivity index (χ2v) is 7.29. The van der Waals surface area contributed by atoms with Crippen LogP contribution in [0.1, 0.15) is 52.6 Å². The van der Waals surface area contributed by atoms with Crippen molar-refractivity contribution in [3.05, 3.63) is 82.2 Å². The van der Waals surface area contributed by atoms with Gasteiger partial charge in [0.2, 0.25) is 11.6 Å². The van der Waals surface area contributed by atoms with Gasteiger partial charge in [-0.1, -0.05) is 69.3 Å². The van der Waals surface area contributed by atoms with Gasteiger partial charge >= 0.3 is 0 Å². The minimum Gasteiger partial charge on any atom is -0.394 e. The van der Waals surface area contributed by atoms with Gasteiger partial charge in [0.15, 0.2) is 0 Å². The quantitative estimate of drug-likeness (QED) is 0.903. The zero-order valence-corrected chi connectivity index (χ0v) is 14.7. The third kappa shape index (κ3) is 3.20. The van der Waals surface area contributed by atoms with Crippen LogP contribution in [-0.2, 0) is 12.0 Å². The molecule has 0 saturated carbocycles. The molecule has 0 fully saturated rings. The molecule has 1 aliphatic rings. The molecule has 0 saturated heterocycles. The minimum absolute atomic E-state index is 0.0185. The van der Waals surface area contributed by atoms with Gasteiger partial charge < -0.3 is 11.1 Å². The molecule has 1 aliphatic carbocycles. The summed E-state index contributed by atoms with van der Waals surface area (Å²) < 4.78 is 0. The van der Waals surface area contributed by atoms with E-state index in [2.05, 4.69) is 38.2 Å². The first-order valence-corrected chi connectivity index (χ1v) is 8.30. The molecule has 25 heavy (non-hydrogen) atoms. The molecule has 0 spiro atoms. The fraction of sp³-hybridized carbons (Fsp3) is 0.238. The van der Waals surface area contributed by atoms with Gasteiger partial charge in [0.1, 0.15) is 11.4 Å². The Labute approximate surface area is 147 Å². The van der Waals surface area contributed by atoms with E-state index in [1.165, 1.54) is 5.56 Å². The Balaban J connectivity index is 1.80. The van der Waals surface area contributed by atoms with Crippen LogP contribution in [-0.4, -0.2) is 11.6 Å². The zero-order chi connectivity index (χ0) is 18.2. The molecule has 2 aromatic carbocycles. The van der Waals surface area contributed by atoms with Gasteiger partial charge in [-0.2, -0.15) is 0 Å². The number of carbonyl (C=O) groups is 2. The average molecular weight is 334 g/mol. The number of rotatable bonds is 3. The zero-order valence-electron chi connectivity index (χ0n) is 14.7. The number of allylic oxidation sites excluding steroid dienone is 2. The van der Waals surface area contributed by atoms with Gasteiger partial charge in [-0.3, -0.25) is 9.59 Å². The summed E-state index contributed by atoms with van der Waals surface area (Å²) in [6.07, 6.45) is 0. The lowest BCUT2D eigenvalue weighted by molar-refractivity contribution is 0.0967. The van der Waals surface area contributed by atoms with Crippen LogP contribution in [0.5, 0.6) is 0 Å². The van der Waals surface area contributed by atoms with E-state index in [1.807, 2.05) is 12.1 Å². The first-order chi connectivity index (χ1) is 11.8. The Morgan fingerprint density at radius 1 is 0.880 bits per heavy atom.